The number of halogens is 5. The van der Waals surface area contributed by atoms with Gasteiger partial charge in [0.15, 0.2) is 11.5 Å². The van der Waals surface area contributed by atoms with Gasteiger partial charge in [0.25, 0.3) is 5.91 Å². The number of hydrogen-bond acceptors (Lipinski definition) is 9. The number of Topliss-reactive ketones (excluding diaryl/α,β-unsaturated/α-hetero) is 1. The molecule has 7 rings (SSSR count). The van der Waals surface area contributed by atoms with Crippen molar-refractivity contribution in [1.29, 1.82) is 0 Å². The minimum Gasteiger partial charge on any atom is -0.481 e. The predicted octanol–water partition coefficient (Wildman–Crippen LogP) is 9.05. The van der Waals surface area contributed by atoms with Gasteiger partial charge in [-0.15, -0.1) is 0 Å². The van der Waals surface area contributed by atoms with Gasteiger partial charge in [0.1, 0.15) is 37.0 Å². The van der Waals surface area contributed by atoms with E-state index < -0.39 is 71.8 Å². The maximum atomic E-state index is 15.0. The van der Waals surface area contributed by atoms with E-state index in [9.17, 15) is 41.4 Å². The van der Waals surface area contributed by atoms with Gasteiger partial charge in [-0.3, -0.25) is 19.1 Å². The summed E-state index contributed by atoms with van der Waals surface area (Å²) in [6, 6.07) is 28.0. The summed E-state index contributed by atoms with van der Waals surface area (Å²) in [5, 5.41) is 13.4. The second-order valence-electron chi connectivity index (χ2n) is 14.9. The Bertz CT molecular complexity index is 2450. The Kier molecular flexibility index (Phi) is 13.7. The van der Waals surface area contributed by atoms with Crippen molar-refractivity contribution in [1.82, 2.24) is 24.6 Å². The van der Waals surface area contributed by atoms with Crippen LogP contribution in [-0.2, 0) is 37.3 Å². The van der Waals surface area contributed by atoms with E-state index in [2.05, 4.69) is 15.1 Å². The molecule has 0 saturated heterocycles. The van der Waals surface area contributed by atoms with Crippen LogP contribution >= 0.6 is 0 Å². The molecule has 1 aliphatic rings. The molecule has 0 aliphatic heterocycles. The molecule has 6 aromatic rings. The van der Waals surface area contributed by atoms with Crippen molar-refractivity contribution in [2.75, 3.05) is 6.54 Å². The Hall–Kier alpha value is -7.17. The molecule has 17 heteroatoms. The number of ketones is 1. The first kappa shape index (κ1) is 43.9. The number of carbonyl (C=O) groups excluding carboxylic acids is 2. The van der Waals surface area contributed by atoms with Crippen LogP contribution < -0.4 is 14.2 Å². The van der Waals surface area contributed by atoms with Crippen LogP contribution in [-0.4, -0.2) is 54.0 Å². The van der Waals surface area contributed by atoms with Crippen molar-refractivity contribution in [2.24, 2.45) is 5.92 Å². The third-order valence-corrected chi connectivity index (χ3v) is 10.4. The van der Waals surface area contributed by atoms with Crippen LogP contribution in [0.2, 0.25) is 0 Å². The lowest BCUT2D eigenvalue weighted by Gasteiger charge is -2.28. The lowest BCUT2D eigenvalue weighted by Crippen LogP contribution is -2.37. The van der Waals surface area contributed by atoms with Gasteiger partial charge in [-0.25, -0.2) is 8.78 Å². The average molecular weight is 870 g/mol. The first-order valence-electron chi connectivity index (χ1n) is 19.9. The van der Waals surface area contributed by atoms with Gasteiger partial charge < -0.3 is 24.2 Å². The molecule has 1 aliphatic carbocycles. The first-order valence-corrected chi connectivity index (χ1v) is 19.9. The van der Waals surface area contributed by atoms with Crippen LogP contribution in [0, 0.1) is 17.6 Å². The number of rotatable bonds is 17. The summed E-state index contributed by atoms with van der Waals surface area (Å²) in [6.45, 7) is -1.96. The quantitative estimate of drug-likeness (QED) is 0.0696. The summed E-state index contributed by atoms with van der Waals surface area (Å²) >= 11 is 0. The molecular weight excluding hydrogens is 830 g/mol. The zero-order chi connectivity index (χ0) is 44.5. The van der Waals surface area contributed by atoms with Crippen molar-refractivity contribution in [3.8, 4) is 17.8 Å². The van der Waals surface area contributed by atoms with Gasteiger partial charge in [0.05, 0.1) is 30.3 Å². The standard InChI is InChI=1S/C46H40F5N5O7/c47-34-20-32(21-35(48)22-34)24-55(43(58)37-23-52-56(40(37)46(49,50)51)36-18-16-33(17-19-36)44(59)60)25-38(57)39-41(61-26-29-10-4-1-5-11-29)53-45(63-28-31-14-8-3-9-15-31)54-42(39)62-27-30-12-6-2-7-13-30/h1-15,20-23,33,36H,16-19,24-28H2,(H,59,60). The molecule has 0 unspecified atom stereocenters. The molecule has 1 fully saturated rings. The molecule has 12 nitrogen and oxygen atoms in total. The van der Waals surface area contributed by atoms with Gasteiger partial charge in [-0.05, 0) is 60.1 Å². The van der Waals surface area contributed by atoms with Crippen molar-refractivity contribution >= 4 is 17.7 Å². The van der Waals surface area contributed by atoms with Crippen LogP contribution in [0.3, 0.4) is 0 Å². The molecule has 1 amide bonds. The van der Waals surface area contributed by atoms with E-state index in [-0.39, 0.29) is 74.4 Å². The highest BCUT2D eigenvalue weighted by molar-refractivity contribution is 6.05. The highest BCUT2D eigenvalue weighted by Crippen LogP contribution is 2.39. The zero-order valence-corrected chi connectivity index (χ0v) is 33.5. The number of carboxylic acids is 1. The van der Waals surface area contributed by atoms with E-state index in [0.717, 1.165) is 23.9 Å². The number of carbonyl (C=O) groups is 3. The van der Waals surface area contributed by atoms with Crippen molar-refractivity contribution in [3.05, 3.63) is 166 Å². The maximum absolute atomic E-state index is 15.0. The van der Waals surface area contributed by atoms with Crippen LogP contribution in [0.15, 0.2) is 115 Å². The number of alkyl halides is 3. The van der Waals surface area contributed by atoms with Crippen LogP contribution in [0.1, 0.15) is 80.4 Å². The molecular formula is C46H40F5N5O7. The summed E-state index contributed by atoms with van der Waals surface area (Å²) < 4.78 is 92.9. The van der Waals surface area contributed by atoms with Gasteiger partial charge >= 0.3 is 18.2 Å². The molecule has 0 atom stereocenters. The second kappa shape index (κ2) is 19.7. The van der Waals surface area contributed by atoms with E-state index in [1.54, 1.807) is 60.7 Å². The van der Waals surface area contributed by atoms with E-state index >= 15 is 0 Å². The number of carboxylic acid groups (broad SMARTS) is 1. The number of aliphatic carboxylic acids is 1. The van der Waals surface area contributed by atoms with Crippen molar-refractivity contribution < 1.29 is 55.7 Å². The second-order valence-corrected chi connectivity index (χ2v) is 14.9. The van der Waals surface area contributed by atoms with Crippen LogP contribution in [0.5, 0.6) is 17.8 Å². The van der Waals surface area contributed by atoms with Crippen molar-refractivity contribution in [3.63, 3.8) is 0 Å². The van der Waals surface area contributed by atoms with Gasteiger partial charge in [-0.1, -0.05) is 91.0 Å². The third kappa shape index (κ3) is 11.2. The highest BCUT2D eigenvalue weighted by Gasteiger charge is 2.43. The number of aromatic nitrogens is 4. The van der Waals surface area contributed by atoms with Crippen LogP contribution in [0.25, 0.3) is 0 Å². The number of benzene rings is 4. The summed E-state index contributed by atoms with van der Waals surface area (Å²) in [7, 11) is 0. The SMILES string of the molecule is O=C(CN(Cc1cc(F)cc(F)c1)C(=O)c1cnn(C2CCC(C(=O)O)CC2)c1C(F)(F)F)c1c(OCc2ccccc2)nc(OCc2ccccc2)nc1OCc1ccccc1. The van der Waals surface area contributed by atoms with E-state index in [4.69, 9.17) is 14.2 Å². The largest absolute Gasteiger partial charge is 0.481 e. The van der Waals surface area contributed by atoms with Crippen LogP contribution in [0.4, 0.5) is 22.0 Å². The summed E-state index contributed by atoms with van der Waals surface area (Å²) in [5.41, 5.74) is -0.817. The Morgan fingerprint density at radius 1 is 0.698 bits per heavy atom. The zero-order valence-electron chi connectivity index (χ0n) is 33.5. The summed E-state index contributed by atoms with van der Waals surface area (Å²) in [6.07, 6.45) is -4.15. The Morgan fingerprint density at radius 3 is 1.67 bits per heavy atom. The topological polar surface area (TPSA) is 146 Å². The maximum Gasteiger partial charge on any atom is 0.433 e. The minimum absolute atomic E-state index is 0.00702. The molecule has 1 saturated carbocycles. The molecule has 0 spiro atoms. The normalized spacial score (nSPS) is 15.1. The summed E-state index contributed by atoms with van der Waals surface area (Å²) in [5.74, 6) is -6.84. The lowest BCUT2D eigenvalue weighted by molar-refractivity contribution is -0.147. The number of ether oxygens (including phenoxy) is 3. The Morgan fingerprint density at radius 2 is 1.19 bits per heavy atom. The lowest BCUT2D eigenvalue weighted by atomic mass is 9.86. The molecule has 63 heavy (non-hydrogen) atoms. The third-order valence-electron chi connectivity index (χ3n) is 10.4. The Labute approximate surface area is 357 Å². The smallest absolute Gasteiger partial charge is 0.433 e. The van der Waals surface area contributed by atoms with Crippen molar-refractivity contribution in [2.45, 2.75) is 64.3 Å². The fraction of sp³-hybridized carbons (Fsp3) is 0.261. The van der Waals surface area contributed by atoms with E-state index in [1.807, 2.05) is 30.3 Å². The molecule has 1 N–H and O–H groups in total. The van der Waals surface area contributed by atoms with E-state index in [0.29, 0.717) is 26.8 Å². The number of nitrogens with zero attached hydrogens (tertiary/aromatic N) is 5. The predicted molar refractivity (Wildman–Crippen MR) is 216 cm³/mol. The highest BCUT2D eigenvalue weighted by atomic mass is 19.4. The fourth-order valence-corrected chi connectivity index (χ4v) is 7.28. The molecule has 0 bridgehead atoms. The minimum atomic E-state index is -5.15. The van der Waals surface area contributed by atoms with Gasteiger partial charge in [-0.2, -0.15) is 28.2 Å². The molecule has 2 heterocycles. The number of amides is 1. The van der Waals surface area contributed by atoms with E-state index in [1.165, 1.54) is 0 Å². The molecule has 2 aromatic heterocycles. The fourth-order valence-electron chi connectivity index (χ4n) is 7.28. The molecule has 0 radical (unpaired) electrons. The summed E-state index contributed by atoms with van der Waals surface area (Å²) in [4.78, 5) is 50.4. The molecule has 4 aromatic carbocycles. The first-order chi connectivity index (χ1) is 30.3. The monoisotopic (exact) mass is 869 g/mol. The average Bonchev–Trinajstić information content (AvgIpc) is 3.74. The molecule has 326 valence electrons. The van der Waals surface area contributed by atoms with Gasteiger partial charge in [0.2, 0.25) is 11.8 Å². The number of hydrogen-bond donors (Lipinski definition) is 1. The van der Waals surface area contributed by atoms with Gasteiger partial charge in [0, 0.05) is 12.6 Å². The Balaban J connectivity index is 1.29.